The van der Waals surface area contributed by atoms with Crippen LogP contribution in [-0.4, -0.2) is 11.6 Å². The van der Waals surface area contributed by atoms with Crippen LogP contribution in [-0.2, 0) is 9.59 Å². The predicted octanol–water partition coefficient (Wildman–Crippen LogP) is 3.95. The normalized spacial score (nSPS) is 26.9. The van der Waals surface area contributed by atoms with Crippen molar-refractivity contribution < 1.29 is 9.59 Å². The quantitative estimate of drug-likeness (QED) is 0.572. The third kappa shape index (κ3) is 3.44. The Kier molecular flexibility index (Phi) is 4.53. The molecule has 0 saturated heterocycles. The van der Waals surface area contributed by atoms with E-state index in [1.807, 2.05) is 6.08 Å². The van der Waals surface area contributed by atoms with E-state index in [0.717, 1.165) is 19.3 Å². The van der Waals surface area contributed by atoms with E-state index in [9.17, 15) is 9.59 Å². The molecule has 1 saturated carbocycles. The van der Waals surface area contributed by atoms with Gasteiger partial charge in [0.2, 0.25) is 0 Å². The van der Waals surface area contributed by atoms with Crippen LogP contribution in [0.5, 0.6) is 0 Å². The van der Waals surface area contributed by atoms with Crippen molar-refractivity contribution >= 4 is 11.6 Å². The number of rotatable bonds is 4. The van der Waals surface area contributed by atoms with E-state index in [2.05, 4.69) is 20.1 Å². The highest BCUT2D eigenvalue weighted by Gasteiger charge is 2.25. The van der Waals surface area contributed by atoms with Gasteiger partial charge in [0.15, 0.2) is 11.6 Å². The Morgan fingerprint density at radius 2 is 2.10 bits per heavy atom. The Morgan fingerprint density at radius 1 is 1.35 bits per heavy atom. The lowest BCUT2D eigenvalue weighted by atomic mass is 9.74. The summed E-state index contributed by atoms with van der Waals surface area (Å²) >= 11 is 0. The number of carbonyl (C=O) groups is 2. The summed E-state index contributed by atoms with van der Waals surface area (Å²) in [6.07, 6.45) is 9.24. The van der Waals surface area contributed by atoms with Gasteiger partial charge < -0.3 is 0 Å². The third-order valence-electron chi connectivity index (χ3n) is 4.27. The summed E-state index contributed by atoms with van der Waals surface area (Å²) in [6, 6.07) is 0. The third-order valence-corrected chi connectivity index (χ3v) is 4.27. The predicted molar refractivity (Wildman–Crippen MR) is 81.3 cm³/mol. The van der Waals surface area contributed by atoms with Crippen LogP contribution in [0.15, 0.2) is 48.1 Å². The van der Waals surface area contributed by atoms with Crippen molar-refractivity contribution in [2.45, 2.75) is 39.0 Å². The van der Waals surface area contributed by atoms with Crippen LogP contribution in [0.1, 0.15) is 39.0 Å². The summed E-state index contributed by atoms with van der Waals surface area (Å²) in [6.45, 7) is 10.2. The molecule has 0 unspecified atom stereocenters. The van der Waals surface area contributed by atoms with E-state index >= 15 is 0 Å². The lowest BCUT2D eigenvalue weighted by molar-refractivity contribution is -0.114. The summed E-state index contributed by atoms with van der Waals surface area (Å²) in [7, 11) is 0. The van der Waals surface area contributed by atoms with E-state index in [-0.39, 0.29) is 11.6 Å². The molecule has 2 atom stereocenters. The number of carbonyl (C=O) groups excluding carboxylic acids is 2. The van der Waals surface area contributed by atoms with E-state index in [4.69, 9.17) is 0 Å². The maximum Gasteiger partial charge on any atom is 0.181 e. The largest absolute Gasteiger partial charge is 0.295 e. The lowest BCUT2D eigenvalue weighted by Crippen LogP contribution is -2.20. The molecule has 1 fully saturated rings. The van der Waals surface area contributed by atoms with Gasteiger partial charge in [-0.15, -0.1) is 0 Å². The molecule has 0 spiro atoms. The summed E-state index contributed by atoms with van der Waals surface area (Å²) in [5, 5.41) is 0. The molecule has 0 radical (unpaired) electrons. The second-order valence-electron chi connectivity index (χ2n) is 5.97. The van der Waals surface area contributed by atoms with Crippen molar-refractivity contribution in [2.24, 2.45) is 11.8 Å². The van der Waals surface area contributed by atoms with Crippen molar-refractivity contribution in [3.05, 3.63) is 48.1 Å². The summed E-state index contributed by atoms with van der Waals surface area (Å²) in [5.74, 6) is 0.791. The Bertz CT molecular complexity index is 520. The average Bonchev–Trinajstić information content (AvgIpc) is 2.82. The average molecular weight is 270 g/mol. The van der Waals surface area contributed by atoms with E-state index in [1.54, 1.807) is 6.08 Å². The zero-order valence-electron chi connectivity index (χ0n) is 12.2. The van der Waals surface area contributed by atoms with E-state index in [0.29, 0.717) is 30.3 Å². The van der Waals surface area contributed by atoms with Gasteiger partial charge in [-0.25, -0.2) is 0 Å². The van der Waals surface area contributed by atoms with Gasteiger partial charge >= 0.3 is 0 Å². The number of allylic oxidation sites excluding steroid dienone is 6. The molecule has 2 nitrogen and oxygen atoms in total. The Balaban J connectivity index is 2.06. The topological polar surface area (TPSA) is 34.1 Å². The molecule has 0 aromatic heterocycles. The van der Waals surface area contributed by atoms with Crippen LogP contribution in [0.4, 0.5) is 0 Å². The van der Waals surface area contributed by atoms with Crippen molar-refractivity contribution in [3.63, 3.8) is 0 Å². The second-order valence-corrected chi connectivity index (χ2v) is 5.97. The molecule has 0 bridgehead atoms. The van der Waals surface area contributed by atoms with Gasteiger partial charge in [0, 0.05) is 12.0 Å². The van der Waals surface area contributed by atoms with Crippen LogP contribution in [0.2, 0.25) is 0 Å². The number of hydrogen-bond acceptors (Lipinski definition) is 2. The monoisotopic (exact) mass is 270 g/mol. The Hall–Kier alpha value is -1.70. The molecule has 20 heavy (non-hydrogen) atoms. The smallest absolute Gasteiger partial charge is 0.181 e. The fourth-order valence-electron chi connectivity index (χ4n) is 3.07. The minimum absolute atomic E-state index is 0.0208. The van der Waals surface area contributed by atoms with Crippen LogP contribution < -0.4 is 0 Å². The van der Waals surface area contributed by atoms with Gasteiger partial charge in [-0.2, -0.15) is 0 Å². The SMILES string of the molecule is C=C1CC[C@H](C(=C)C)[C@@H](/C=C\C(=O)C2=CC(=O)CC2)C1. The molecule has 0 aliphatic heterocycles. The second kappa shape index (κ2) is 6.17. The van der Waals surface area contributed by atoms with Crippen molar-refractivity contribution in [1.29, 1.82) is 0 Å². The molecule has 0 aromatic carbocycles. The van der Waals surface area contributed by atoms with Crippen molar-refractivity contribution in [1.82, 2.24) is 0 Å². The summed E-state index contributed by atoms with van der Waals surface area (Å²) in [4.78, 5) is 23.2. The standard InChI is InChI=1S/C18H22O2/c1-12(2)17-8-4-13(3)10-14(17)6-9-18(20)15-5-7-16(19)11-15/h6,9,11,14,17H,1,3-5,7-8,10H2,2H3/b9-6-/t14-,17+/m0/s1. The highest BCUT2D eigenvalue weighted by molar-refractivity contribution is 6.10. The molecule has 106 valence electrons. The number of hydrogen-bond donors (Lipinski definition) is 0. The van der Waals surface area contributed by atoms with Gasteiger partial charge in [-0.3, -0.25) is 9.59 Å². The van der Waals surface area contributed by atoms with E-state index in [1.165, 1.54) is 17.2 Å². The first-order valence-electron chi connectivity index (χ1n) is 7.25. The van der Waals surface area contributed by atoms with Crippen molar-refractivity contribution in [2.75, 3.05) is 0 Å². The minimum atomic E-state index is -0.0208. The molecule has 2 heteroatoms. The van der Waals surface area contributed by atoms with Crippen LogP contribution >= 0.6 is 0 Å². The zero-order valence-corrected chi connectivity index (χ0v) is 12.2. The molecule has 2 rings (SSSR count). The fraction of sp³-hybridized carbons (Fsp3) is 0.444. The minimum Gasteiger partial charge on any atom is -0.295 e. The molecular formula is C18H22O2. The lowest BCUT2D eigenvalue weighted by Gasteiger charge is -2.31. The maximum absolute atomic E-state index is 12.0. The summed E-state index contributed by atoms with van der Waals surface area (Å²) < 4.78 is 0. The molecule has 2 aliphatic rings. The van der Waals surface area contributed by atoms with Gasteiger partial charge in [0.05, 0.1) is 0 Å². The highest BCUT2D eigenvalue weighted by atomic mass is 16.1. The first-order valence-corrected chi connectivity index (χ1v) is 7.25. The summed E-state index contributed by atoms with van der Waals surface area (Å²) in [5.41, 5.74) is 3.07. The number of ketones is 2. The van der Waals surface area contributed by atoms with Gasteiger partial charge in [0.1, 0.15) is 0 Å². The van der Waals surface area contributed by atoms with Gasteiger partial charge in [-0.1, -0.05) is 30.4 Å². The van der Waals surface area contributed by atoms with Crippen molar-refractivity contribution in [3.8, 4) is 0 Å². The van der Waals surface area contributed by atoms with Crippen LogP contribution in [0.3, 0.4) is 0 Å². The van der Waals surface area contributed by atoms with Crippen LogP contribution in [0, 0.1) is 11.8 Å². The molecule has 0 aromatic rings. The van der Waals surface area contributed by atoms with Gasteiger partial charge in [0.25, 0.3) is 0 Å². The van der Waals surface area contributed by atoms with Gasteiger partial charge in [-0.05, 0) is 56.6 Å². The zero-order chi connectivity index (χ0) is 14.7. The maximum atomic E-state index is 12.0. The highest BCUT2D eigenvalue weighted by Crippen LogP contribution is 2.37. The van der Waals surface area contributed by atoms with Crippen LogP contribution in [0.25, 0.3) is 0 Å². The fourth-order valence-corrected chi connectivity index (χ4v) is 3.07. The first-order chi connectivity index (χ1) is 9.47. The van der Waals surface area contributed by atoms with E-state index < -0.39 is 0 Å². The Labute approximate surface area is 120 Å². The molecule has 0 N–H and O–H groups in total. The molecular weight excluding hydrogens is 248 g/mol. The molecule has 0 heterocycles. The Morgan fingerprint density at radius 3 is 2.70 bits per heavy atom. The molecule has 0 amide bonds. The molecule has 2 aliphatic carbocycles. The first kappa shape index (κ1) is 14.7.